The molecular weight excluding hydrogens is 248 g/mol. The van der Waals surface area contributed by atoms with Crippen LogP contribution in [0.1, 0.15) is 11.3 Å². The Hall–Kier alpha value is -2.23. The summed E-state index contributed by atoms with van der Waals surface area (Å²) >= 11 is 0. The fraction of sp³-hybridized carbons (Fsp3) is 0.133. The predicted molar refractivity (Wildman–Crippen MR) is 68.2 cm³/mol. The highest BCUT2D eigenvalue weighted by atomic mass is 19.3. The first-order valence-corrected chi connectivity index (χ1v) is 5.93. The number of pyridine rings is 1. The summed E-state index contributed by atoms with van der Waals surface area (Å²) in [6, 6.07) is 12.6. The molecule has 1 aliphatic heterocycles. The van der Waals surface area contributed by atoms with E-state index in [1.165, 1.54) is 6.08 Å². The van der Waals surface area contributed by atoms with Crippen LogP contribution in [0.2, 0.25) is 0 Å². The Balaban J connectivity index is 2.13. The van der Waals surface area contributed by atoms with E-state index in [1.807, 2.05) is 18.2 Å². The normalized spacial score (nSPS) is 17.6. The van der Waals surface area contributed by atoms with Crippen LogP contribution in [0, 0.1) is 0 Å². The number of ether oxygens (including phenoxy) is 1. The van der Waals surface area contributed by atoms with Crippen molar-refractivity contribution in [1.82, 2.24) is 4.98 Å². The minimum Gasteiger partial charge on any atom is -0.480 e. The Kier molecular flexibility index (Phi) is 2.99. The Morgan fingerprint density at radius 3 is 2.58 bits per heavy atom. The molecule has 1 unspecified atom stereocenters. The van der Waals surface area contributed by atoms with E-state index >= 15 is 0 Å². The minimum atomic E-state index is -2.56. The lowest BCUT2D eigenvalue weighted by Gasteiger charge is -2.24. The van der Waals surface area contributed by atoms with Crippen molar-refractivity contribution in [2.45, 2.75) is 12.5 Å². The van der Waals surface area contributed by atoms with Gasteiger partial charge in [-0.05, 0) is 24.3 Å². The number of nitrogens with zero attached hydrogens (tertiary/aromatic N) is 1. The Morgan fingerprint density at radius 1 is 1.05 bits per heavy atom. The molecule has 2 nitrogen and oxygen atoms in total. The van der Waals surface area contributed by atoms with Crippen LogP contribution < -0.4 is 4.74 Å². The lowest BCUT2D eigenvalue weighted by Crippen LogP contribution is -2.26. The van der Waals surface area contributed by atoms with Crippen LogP contribution in [0.15, 0.2) is 54.7 Å². The van der Waals surface area contributed by atoms with Gasteiger partial charge in [0.2, 0.25) is 0 Å². The van der Waals surface area contributed by atoms with Crippen LogP contribution in [0.5, 0.6) is 5.75 Å². The van der Waals surface area contributed by atoms with E-state index in [0.717, 1.165) is 5.56 Å². The molecule has 0 saturated heterocycles. The van der Waals surface area contributed by atoms with Crippen LogP contribution in [-0.2, 0) is 0 Å². The summed E-state index contributed by atoms with van der Waals surface area (Å²) in [5.41, 5.74) is 2.15. The van der Waals surface area contributed by atoms with E-state index in [2.05, 4.69) is 4.98 Å². The van der Waals surface area contributed by atoms with E-state index < -0.39 is 12.5 Å². The highest BCUT2D eigenvalue weighted by Crippen LogP contribution is 2.36. The zero-order valence-corrected chi connectivity index (χ0v) is 9.96. The molecule has 1 atom stereocenters. The molecule has 3 rings (SSSR count). The molecule has 0 spiro atoms. The molecule has 0 aliphatic carbocycles. The maximum absolute atomic E-state index is 12.9. The molecule has 0 bridgehead atoms. The van der Waals surface area contributed by atoms with Crippen molar-refractivity contribution >= 4 is 5.57 Å². The molecule has 0 radical (unpaired) electrons. The number of hydrogen-bond donors (Lipinski definition) is 0. The monoisotopic (exact) mass is 259 g/mol. The maximum atomic E-state index is 12.9. The van der Waals surface area contributed by atoms with Gasteiger partial charge >= 0.3 is 0 Å². The fourth-order valence-corrected chi connectivity index (χ4v) is 2.10. The SMILES string of the molecule is FC(F)C1C=C(c2ccccn2)c2ccccc2O1. The van der Waals surface area contributed by atoms with Crippen LogP contribution >= 0.6 is 0 Å². The largest absolute Gasteiger partial charge is 0.480 e. The third-order valence-corrected chi connectivity index (χ3v) is 2.96. The number of alkyl halides is 2. The second-order valence-electron chi connectivity index (χ2n) is 4.21. The summed E-state index contributed by atoms with van der Waals surface area (Å²) in [6.07, 6.45) is -0.708. The second kappa shape index (κ2) is 4.80. The Bertz CT molecular complexity index is 611. The summed E-state index contributed by atoms with van der Waals surface area (Å²) in [6.45, 7) is 0. The smallest absolute Gasteiger partial charge is 0.278 e. The van der Waals surface area contributed by atoms with Gasteiger partial charge in [-0.2, -0.15) is 0 Å². The third-order valence-electron chi connectivity index (χ3n) is 2.96. The molecule has 0 amide bonds. The van der Waals surface area contributed by atoms with E-state index in [4.69, 9.17) is 4.74 Å². The molecule has 0 fully saturated rings. The van der Waals surface area contributed by atoms with Crippen molar-refractivity contribution < 1.29 is 13.5 Å². The van der Waals surface area contributed by atoms with Gasteiger partial charge in [0.25, 0.3) is 6.43 Å². The third kappa shape index (κ3) is 2.21. The molecule has 4 heteroatoms. The number of para-hydroxylation sites is 1. The van der Waals surface area contributed by atoms with Gasteiger partial charge in [-0.25, -0.2) is 8.78 Å². The summed E-state index contributed by atoms with van der Waals surface area (Å²) < 4.78 is 31.1. The summed E-state index contributed by atoms with van der Waals surface area (Å²) in [4.78, 5) is 4.23. The standard InChI is InChI=1S/C15H11F2NO/c16-15(17)14-9-11(12-6-3-4-8-18-12)10-5-1-2-7-13(10)19-14/h1-9,14-15H. The molecule has 1 aromatic heterocycles. The molecule has 1 aliphatic rings. The molecule has 0 saturated carbocycles. The van der Waals surface area contributed by atoms with Gasteiger partial charge in [0, 0.05) is 17.3 Å². The number of aromatic nitrogens is 1. The minimum absolute atomic E-state index is 0.468. The lowest BCUT2D eigenvalue weighted by atomic mass is 9.97. The number of rotatable bonds is 2. The molecule has 19 heavy (non-hydrogen) atoms. The van der Waals surface area contributed by atoms with Crippen LogP contribution in [0.3, 0.4) is 0 Å². The van der Waals surface area contributed by atoms with Gasteiger partial charge in [-0.1, -0.05) is 24.3 Å². The quantitative estimate of drug-likeness (QED) is 0.823. The summed E-state index contributed by atoms with van der Waals surface area (Å²) in [7, 11) is 0. The molecule has 2 aromatic rings. The van der Waals surface area contributed by atoms with Crippen molar-refractivity contribution in [1.29, 1.82) is 0 Å². The topological polar surface area (TPSA) is 22.1 Å². The number of hydrogen-bond acceptors (Lipinski definition) is 2. The Labute approximate surface area is 109 Å². The van der Waals surface area contributed by atoms with Crippen LogP contribution in [-0.4, -0.2) is 17.5 Å². The van der Waals surface area contributed by atoms with Gasteiger partial charge in [0.15, 0.2) is 6.10 Å². The second-order valence-corrected chi connectivity index (χ2v) is 4.21. The predicted octanol–water partition coefficient (Wildman–Crippen LogP) is 3.54. The molecular formula is C15H11F2NO. The lowest BCUT2D eigenvalue weighted by molar-refractivity contribution is 0.0373. The number of fused-ring (bicyclic) bond motifs is 1. The summed E-state index contributed by atoms with van der Waals surface area (Å²) in [5, 5.41) is 0. The first kappa shape index (κ1) is 11.8. The van der Waals surface area contributed by atoms with Crippen LogP contribution in [0.25, 0.3) is 5.57 Å². The van der Waals surface area contributed by atoms with Gasteiger partial charge in [-0.3, -0.25) is 4.98 Å². The van der Waals surface area contributed by atoms with E-state index in [9.17, 15) is 8.78 Å². The maximum Gasteiger partial charge on any atom is 0.278 e. The van der Waals surface area contributed by atoms with Crippen molar-refractivity contribution in [3.8, 4) is 5.75 Å². The first-order valence-electron chi connectivity index (χ1n) is 5.93. The summed E-state index contributed by atoms with van der Waals surface area (Å²) in [5.74, 6) is 0.468. The van der Waals surface area contributed by atoms with E-state index in [-0.39, 0.29) is 0 Å². The van der Waals surface area contributed by atoms with E-state index in [0.29, 0.717) is 17.0 Å². The van der Waals surface area contributed by atoms with Gasteiger partial charge in [0.05, 0.1) is 5.69 Å². The van der Waals surface area contributed by atoms with E-state index in [1.54, 1.807) is 30.5 Å². The van der Waals surface area contributed by atoms with Crippen molar-refractivity contribution in [3.05, 3.63) is 66.0 Å². The Morgan fingerprint density at radius 2 is 1.84 bits per heavy atom. The van der Waals surface area contributed by atoms with Gasteiger partial charge in [-0.15, -0.1) is 0 Å². The molecule has 1 aromatic carbocycles. The highest BCUT2D eigenvalue weighted by molar-refractivity contribution is 5.82. The average molecular weight is 259 g/mol. The van der Waals surface area contributed by atoms with Gasteiger partial charge in [0.1, 0.15) is 5.75 Å². The molecule has 0 N–H and O–H groups in total. The molecule has 96 valence electrons. The fourth-order valence-electron chi connectivity index (χ4n) is 2.10. The zero-order chi connectivity index (χ0) is 13.2. The zero-order valence-electron chi connectivity index (χ0n) is 9.96. The average Bonchev–Trinajstić information content (AvgIpc) is 2.47. The molecule has 2 heterocycles. The van der Waals surface area contributed by atoms with Crippen molar-refractivity contribution in [2.75, 3.05) is 0 Å². The number of benzene rings is 1. The first-order chi connectivity index (χ1) is 9.25. The van der Waals surface area contributed by atoms with Gasteiger partial charge < -0.3 is 4.74 Å². The van der Waals surface area contributed by atoms with Crippen molar-refractivity contribution in [2.24, 2.45) is 0 Å². The van der Waals surface area contributed by atoms with Crippen LogP contribution in [0.4, 0.5) is 8.78 Å². The van der Waals surface area contributed by atoms with Crippen molar-refractivity contribution in [3.63, 3.8) is 0 Å². The number of halogens is 2. The highest BCUT2D eigenvalue weighted by Gasteiger charge is 2.27.